The Morgan fingerprint density at radius 1 is 1.16 bits per heavy atom. The lowest BCUT2D eigenvalue weighted by molar-refractivity contribution is 0.0954. The second-order valence-electron chi connectivity index (χ2n) is 6.16. The van der Waals surface area contributed by atoms with Gasteiger partial charge in [-0.05, 0) is 54.9 Å². The van der Waals surface area contributed by atoms with E-state index in [1.807, 2.05) is 30.3 Å². The molecule has 0 spiro atoms. The summed E-state index contributed by atoms with van der Waals surface area (Å²) in [7, 11) is 0. The number of amides is 1. The summed E-state index contributed by atoms with van der Waals surface area (Å²) in [5.74, 6) is -0.242. The number of carbonyl (C=O) groups excluding carboxylic acids is 1. The van der Waals surface area contributed by atoms with Crippen molar-refractivity contribution in [3.63, 3.8) is 0 Å². The monoisotopic (exact) mass is 397 g/mol. The predicted octanol–water partition coefficient (Wildman–Crippen LogP) is 5.06. The van der Waals surface area contributed by atoms with E-state index < -0.39 is 0 Å². The number of fused-ring (bicyclic) bond motifs is 1. The minimum atomic E-state index is -0.242. The number of hydrogen-bond donors (Lipinski definition) is 1. The molecule has 0 atom stereocenters. The van der Waals surface area contributed by atoms with Crippen LogP contribution in [-0.4, -0.2) is 16.7 Å². The summed E-state index contributed by atoms with van der Waals surface area (Å²) in [6, 6.07) is 15.9. The fraction of sp³-hybridized carbons (Fsp3) is 0.200. The standard InChI is InChI=1S/C20H20BrN3O/c1-13(2)24-14(3)17(15-8-5-7-11-19(15)24)12-22-23-20(25)16-9-4-6-10-18(16)21/h4-13H,1-3H3,(H,23,25)/b22-12+. The van der Waals surface area contributed by atoms with Gasteiger partial charge in [-0.1, -0.05) is 30.3 Å². The molecule has 1 heterocycles. The van der Waals surface area contributed by atoms with E-state index in [9.17, 15) is 4.79 Å². The third kappa shape index (κ3) is 3.37. The fourth-order valence-electron chi connectivity index (χ4n) is 3.11. The normalized spacial score (nSPS) is 11.6. The van der Waals surface area contributed by atoms with Gasteiger partial charge in [0, 0.05) is 32.7 Å². The minimum absolute atomic E-state index is 0.242. The first-order valence-electron chi connectivity index (χ1n) is 8.18. The van der Waals surface area contributed by atoms with Crippen molar-refractivity contribution in [3.8, 4) is 0 Å². The lowest BCUT2D eigenvalue weighted by atomic mass is 10.1. The number of para-hydroxylation sites is 1. The van der Waals surface area contributed by atoms with E-state index in [0.717, 1.165) is 21.1 Å². The molecule has 0 aliphatic rings. The molecule has 3 rings (SSSR count). The summed E-state index contributed by atoms with van der Waals surface area (Å²) < 4.78 is 3.03. The third-order valence-electron chi connectivity index (χ3n) is 4.20. The highest BCUT2D eigenvalue weighted by atomic mass is 79.9. The van der Waals surface area contributed by atoms with Crippen molar-refractivity contribution in [1.82, 2.24) is 9.99 Å². The van der Waals surface area contributed by atoms with Gasteiger partial charge in [0.2, 0.25) is 0 Å². The first-order valence-corrected chi connectivity index (χ1v) is 8.97. The van der Waals surface area contributed by atoms with Crippen LogP contribution < -0.4 is 5.43 Å². The Balaban J connectivity index is 1.91. The van der Waals surface area contributed by atoms with Crippen LogP contribution in [0.15, 0.2) is 58.1 Å². The smallest absolute Gasteiger partial charge is 0.272 e. The number of halogens is 1. The van der Waals surface area contributed by atoms with Gasteiger partial charge < -0.3 is 4.57 Å². The zero-order chi connectivity index (χ0) is 18.0. The van der Waals surface area contributed by atoms with Gasteiger partial charge >= 0.3 is 0 Å². The molecule has 0 bridgehead atoms. The van der Waals surface area contributed by atoms with Crippen molar-refractivity contribution in [3.05, 3.63) is 69.8 Å². The Hall–Kier alpha value is -2.40. The second-order valence-corrected chi connectivity index (χ2v) is 7.01. The number of nitrogens with one attached hydrogen (secondary N) is 1. The van der Waals surface area contributed by atoms with E-state index in [2.05, 4.69) is 63.9 Å². The Morgan fingerprint density at radius 3 is 2.56 bits per heavy atom. The molecule has 0 aliphatic heterocycles. The lowest BCUT2D eigenvalue weighted by Crippen LogP contribution is -2.18. The third-order valence-corrected chi connectivity index (χ3v) is 4.89. The second kappa shape index (κ2) is 7.23. The van der Waals surface area contributed by atoms with Crippen LogP contribution in [0, 0.1) is 6.92 Å². The number of benzene rings is 2. The Bertz CT molecular complexity index is 957. The molecule has 3 aromatic rings. The van der Waals surface area contributed by atoms with Crippen LogP contribution in [0.3, 0.4) is 0 Å². The van der Waals surface area contributed by atoms with Crippen molar-refractivity contribution >= 4 is 39.0 Å². The maximum absolute atomic E-state index is 12.3. The molecule has 5 heteroatoms. The Morgan fingerprint density at radius 2 is 1.84 bits per heavy atom. The van der Waals surface area contributed by atoms with Gasteiger partial charge in [-0.15, -0.1) is 0 Å². The molecule has 1 N–H and O–H groups in total. The van der Waals surface area contributed by atoms with E-state index in [-0.39, 0.29) is 5.91 Å². The highest BCUT2D eigenvalue weighted by Gasteiger charge is 2.14. The fourth-order valence-corrected chi connectivity index (χ4v) is 3.57. The van der Waals surface area contributed by atoms with Crippen LogP contribution in [0.4, 0.5) is 0 Å². The molecule has 0 aliphatic carbocycles. The average Bonchev–Trinajstić information content (AvgIpc) is 2.87. The molecule has 0 unspecified atom stereocenters. The molecular weight excluding hydrogens is 378 g/mol. The molecule has 25 heavy (non-hydrogen) atoms. The quantitative estimate of drug-likeness (QED) is 0.485. The summed E-state index contributed by atoms with van der Waals surface area (Å²) in [6.45, 7) is 6.40. The summed E-state index contributed by atoms with van der Waals surface area (Å²) in [5.41, 5.74) is 6.50. The maximum Gasteiger partial charge on any atom is 0.272 e. The lowest BCUT2D eigenvalue weighted by Gasteiger charge is -2.12. The minimum Gasteiger partial charge on any atom is -0.342 e. The van der Waals surface area contributed by atoms with E-state index in [1.165, 1.54) is 5.52 Å². The van der Waals surface area contributed by atoms with Crippen molar-refractivity contribution < 1.29 is 4.79 Å². The van der Waals surface area contributed by atoms with E-state index in [4.69, 9.17) is 0 Å². The topological polar surface area (TPSA) is 46.4 Å². The number of rotatable bonds is 4. The van der Waals surface area contributed by atoms with Crippen molar-refractivity contribution in [1.29, 1.82) is 0 Å². The molecule has 128 valence electrons. The van der Waals surface area contributed by atoms with Gasteiger partial charge in [0.05, 0.1) is 11.8 Å². The SMILES string of the molecule is Cc1c(/C=N/NC(=O)c2ccccc2Br)c2ccccc2n1C(C)C. The van der Waals surface area contributed by atoms with Crippen LogP contribution in [0.25, 0.3) is 10.9 Å². The first-order chi connectivity index (χ1) is 12.0. The molecule has 1 amide bonds. The summed E-state index contributed by atoms with van der Waals surface area (Å²) in [6.07, 6.45) is 1.73. The van der Waals surface area contributed by atoms with Gasteiger partial charge in [-0.3, -0.25) is 4.79 Å². The zero-order valence-electron chi connectivity index (χ0n) is 14.5. The molecule has 0 radical (unpaired) electrons. The van der Waals surface area contributed by atoms with Gasteiger partial charge in [0.15, 0.2) is 0 Å². The summed E-state index contributed by atoms with van der Waals surface area (Å²) in [5, 5.41) is 5.32. The predicted molar refractivity (Wildman–Crippen MR) is 106 cm³/mol. The van der Waals surface area contributed by atoms with Crippen molar-refractivity contribution in [2.24, 2.45) is 5.10 Å². The number of aromatic nitrogens is 1. The molecule has 0 saturated carbocycles. The van der Waals surface area contributed by atoms with Gasteiger partial charge in [0.1, 0.15) is 0 Å². The number of carbonyl (C=O) groups is 1. The van der Waals surface area contributed by atoms with Crippen LogP contribution in [0.1, 0.15) is 41.5 Å². The molecule has 0 saturated heterocycles. The van der Waals surface area contributed by atoms with Gasteiger partial charge in [-0.25, -0.2) is 5.43 Å². The summed E-state index contributed by atoms with van der Waals surface area (Å²) >= 11 is 3.38. The molecule has 4 nitrogen and oxygen atoms in total. The van der Waals surface area contributed by atoms with E-state index >= 15 is 0 Å². The number of hydrazone groups is 1. The first kappa shape index (κ1) is 17.4. The largest absolute Gasteiger partial charge is 0.342 e. The molecular formula is C20H20BrN3O. The highest BCUT2D eigenvalue weighted by molar-refractivity contribution is 9.10. The average molecular weight is 398 g/mol. The van der Waals surface area contributed by atoms with Crippen molar-refractivity contribution in [2.45, 2.75) is 26.8 Å². The van der Waals surface area contributed by atoms with Crippen LogP contribution in [-0.2, 0) is 0 Å². The Labute approximate surface area is 155 Å². The Kier molecular flexibility index (Phi) is 5.04. The van der Waals surface area contributed by atoms with Crippen LogP contribution in [0.5, 0.6) is 0 Å². The van der Waals surface area contributed by atoms with E-state index in [0.29, 0.717) is 11.6 Å². The van der Waals surface area contributed by atoms with Gasteiger partial charge in [0.25, 0.3) is 5.91 Å². The van der Waals surface area contributed by atoms with Crippen LogP contribution >= 0.6 is 15.9 Å². The molecule has 0 fully saturated rings. The van der Waals surface area contributed by atoms with Gasteiger partial charge in [-0.2, -0.15) is 5.10 Å². The highest BCUT2D eigenvalue weighted by Crippen LogP contribution is 2.27. The molecule has 2 aromatic carbocycles. The van der Waals surface area contributed by atoms with Crippen LogP contribution in [0.2, 0.25) is 0 Å². The van der Waals surface area contributed by atoms with E-state index in [1.54, 1.807) is 12.3 Å². The summed E-state index contributed by atoms with van der Waals surface area (Å²) in [4.78, 5) is 12.3. The maximum atomic E-state index is 12.3. The number of hydrogen-bond acceptors (Lipinski definition) is 2. The molecule has 1 aromatic heterocycles. The van der Waals surface area contributed by atoms with Crippen molar-refractivity contribution in [2.75, 3.05) is 0 Å². The zero-order valence-corrected chi connectivity index (χ0v) is 16.0. The number of nitrogens with zero attached hydrogens (tertiary/aromatic N) is 2.